The van der Waals surface area contributed by atoms with Crippen LogP contribution < -0.4 is 0 Å². The Labute approximate surface area is 108 Å². The summed E-state index contributed by atoms with van der Waals surface area (Å²) < 4.78 is 12.3. The molecule has 0 aromatic carbocycles. The average molecular weight is 256 g/mol. The average Bonchev–Trinajstić information content (AvgIpc) is 2.67. The number of hydrogen-bond acceptors (Lipinski definition) is 4. The van der Waals surface area contributed by atoms with Crippen LogP contribution in [-0.4, -0.2) is 39.9 Å². The van der Waals surface area contributed by atoms with Crippen molar-refractivity contribution in [2.75, 3.05) is 6.61 Å². The summed E-state index contributed by atoms with van der Waals surface area (Å²) in [4.78, 5) is 0. The largest absolute Gasteiger partial charge is 0.394 e. The first-order valence-electron chi connectivity index (χ1n) is 7.31. The molecule has 2 heterocycles. The van der Waals surface area contributed by atoms with Crippen molar-refractivity contribution in [2.24, 2.45) is 0 Å². The van der Waals surface area contributed by atoms with Gasteiger partial charge in [0.2, 0.25) is 0 Å². The van der Waals surface area contributed by atoms with E-state index in [4.69, 9.17) is 9.47 Å². The molecule has 1 saturated carbocycles. The van der Waals surface area contributed by atoms with Gasteiger partial charge in [-0.15, -0.1) is 0 Å². The van der Waals surface area contributed by atoms with Gasteiger partial charge < -0.3 is 19.7 Å². The lowest BCUT2D eigenvalue weighted by molar-refractivity contribution is -0.392. The first kappa shape index (κ1) is 12.9. The van der Waals surface area contributed by atoms with Crippen molar-refractivity contribution in [1.82, 2.24) is 0 Å². The van der Waals surface area contributed by atoms with E-state index < -0.39 is 23.1 Å². The molecular weight excluding hydrogens is 232 g/mol. The van der Waals surface area contributed by atoms with Crippen LogP contribution in [0.5, 0.6) is 0 Å². The summed E-state index contributed by atoms with van der Waals surface area (Å²) >= 11 is 0. The molecule has 2 aliphatic heterocycles. The Bertz CT molecular complexity index is 334. The topological polar surface area (TPSA) is 58.9 Å². The van der Waals surface area contributed by atoms with Crippen molar-refractivity contribution < 1.29 is 19.7 Å². The third-order valence-electron chi connectivity index (χ3n) is 5.16. The smallest absolute Gasteiger partial charge is 0.169 e. The summed E-state index contributed by atoms with van der Waals surface area (Å²) in [6.07, 6.45) is 6.73. The number of rotatable bonds is 3. The van der Waals surface area contributed by atoms with Crippen LogP contribution in [-0.2, 0) is 9.47 Å². The van der Waals surface area contributed by atoms with Crippen molar-refractivity contribution in [2.45, 2.75) is 81.4 Å². The third kappa shape index (κ3) is 1.52. The van der Waals surface area contributed by atoms with E-state index >= 15 is 0 Å². The minimum absolute atomic E-state index is 0.118. The van der Waals surface area contributed by atoms with Crippen LogP contribution in [0.25, 0.3) is 0 Å². The van der Waals surface area contributed by atoms with E-state index in [9.17, 15) is 10.2 Å². The summed E-state index contributed by atoms with van der Waals surface area (Å²) in [5.74, 6) is -0.550. The molecule has 0 radical (unpaired) electrons. The number of aliphatic hydroxyl groups is 2. The van der Waals surface area contributed by atoms with Crippen molar-refractivity contribution in [1.29, 1.82) is 0 Å². The fourth-order valence-electron chi connectivity index (χ4n) is 4.28. The summed E-state index contributed by atoms with van der Waals surface area (Å²) in [5.41, 5.74) is -1.46. The molecule has 0 aromatic rings. The van der Waals surface area contributed by atoms with Crippen LogP contribution in [0.2, 0.25) is 0 Å². The number of aliphatic hydroxyl groups excluding tert-OH is 1. The number of ether oxygens (including phenoxy) is 2. The Morgan fingerprint density at radius 2 is 1.94 bits per heavy atom. The van der Waals surface area contributed by atoms with E-state index in [0.29, 0.717) is 6.42 Å². The molecule has 1 spiro atoms. The highest BCUT2D eigenvalue weighted by molar-refractivity contribution is 5.15. The van der Waals surface area contributed by atoms with Gasteiger partial charge >= 0.3 is 0 Å². The van der Waals surface area contributed by atoms with Gasteiger partial charge in [0.1, 0.15) is 17.3 Å². The molecule has 3 fully saturated rings. The molecule has 2 N–H and O–H groups in total. The second-order valence-electron chi connectivity index (χ2n) is 6.18. The maximum absolute atomic E-state index is 11.0. The van der Waals surface area contributed by atoms with Crippen LogP contribution in [0, 0.1) is 0 Å². The Balaban J connectivity index is 1.96. The summed E-state index contributed by atoms with van der Waals surface area (Å²) in [6.45, 7) is 2.00. The molecule has 4 heteroatoms. The Kier molecular flexibility index (Phi) is 2.98. The maximum Gasteiger partial charge on any atom is 0.169 e. The van der Waals surface area contributed by atoms with E-state index in [0.717, 1.165) is 44.9 Å². The van der Waals surface area contributed by atoms with E-state index in [1.165, 1.54) is 0 Å². The molecule has 104 valence electrons. The van der Waals surface area contributed by atoms with E-state index in [1.807, 2.05) is 0 Å². The lowest BCUT2D eigenvalue weighted by Gasteiger charge is -2.56. The molecule has 4 atom stereocenters. The number of fused-ring (bicyclic) bond motifs is 1. The molecular formula is C14H24O4. The summed E-state index contributed by atoms with van der Waals surface area (Å²) in [5, 5.41) is 20.6. The van der Waals surface area contributed by atoms with E-state index in [-0.39, 0.29) is 6.61 Å². The SMILES string of the molecule is CCC[C@]12CC[C@@]3(CCCC[C@]3(O)[C@@H](CO)O1)O2. The van der Waals surface area contributed by atoms with Gasteiger partial charge in [0.15, 0.2) is 5.79 Å². The van der Waals surface area contributed by atoms with Crippen LogP contribution in [0.15, 0.2) is 0 Å². The first-order chi connectivity index (χ1) is 8.60. The zero-order chi connectivity index (χ0) is 12.9. The van der Waals surface area contributed by atoms with Gasteiger partial charge in [0.25, 0.3) is 0 Å². The Morgan fingerprint density at radius 1 is 1.17 bits per heavy atom. The molecule has 1 aliphatic carbocycles. The normalized spacial score (nSPS) is 51.2. The Hall–Kier alpha value is -0.160. The number of hydrogen-bond donors (Lipinski definition) is 2. The predicted molar refractivity (Wildman–Crippen MR) is 66.1 cm³/mol. The highest BCUT2D eigenvalue weighted by atomic mass is 16.7. The van der Waals surface area contributed by atoms with Crippen molar-refractivity contribution >= 4 is 0 Å². The molecule has 0 amide bonds. The zero-order valence-electron chi connectivity index (χ0n) is 11.2. The van der Waals surface area contributed by atoms with E-state index in [2.05, 4.69) is 6.92 Å². The summed E-state index contributed by atoms with van der Waals surface area (Å²) in [6, 6.07) is 0. The van der Waals surface area contributed by atoms with Gasteiger partial charge in [-0.3, -0.25) is 0 Å². The quantitative estimate of drug-likeness (QED) is 0.807. The fraction of sp³-hybridized carbons (Fsp3) is 1.00. The molecule has 2 saturated heterocycles. The fourth-order valence-corrected chi connectivity index (χ4v) is 4.28. The first-order valence-corrected chi connectivity index (χ1v) is 7.31. The van der Waals surface area contributed by atoms with Crippen LogP contribution in [0.1, 0.15) is 58.3 Å². The third-order valence-corrected chi connectivity index (χ3v) is 5.16. The second-order valence-corrected chi connectivity index (χ2v) is 6.18. The van der Waals surface area contributed by atoms with Gasteiger partial charge in [-0.1, -0.05) is 26.2 Å². The standard InChI is InChI=1S/C14H24O4/c1-2-5-13-9-8-12(18-13)6-3-4-7-14(12,16)11(10-15)17-13/h11,15-16H,2-10H2,1H3/t11-,12-,13+,14+/m1/s1. The molecule has 3 aliphatic rings. The van der Waals surface area contributed by atoms with Crippen LogP contribution in [0.3, 0.4) is 0 Å². The van der Waals surface area contributed by atoms with E-state index in [1.54, 1.807) is 0 Å². The van der Waals surface area contributed by atoms with Crippen molar-refractivity contribution in [3.63, 3.8) is 0 Å². The molecule has 3 rings (SSSR count). The highest BCUT2D eigenvalue weighted by Crippen LogP contribution is 2.58. The molecule has 2 bridgehead atoms. The van der Waals surface area contributed by atoms with Gasteiger partial charge in [0, 0.05) is 12.8 Å². The molecule has 4 nitrogen and oxygen atoms in total. The lowest BCUT2D eigenvalue weighted by Crippen LogP contribution is -2.69. The monoisotopic (exact) mass is 256 g/mol. The van der Waals surface area contributed by atoms with Gasteiger partial charge in [-0.05, 0) is 19.3 Å². The predicted octanol–water partition coefficient (Wildman–Crippen LogP) is 1.73. The van der Waals surface area contributed by atoms with Crippen LogP contribution in [0.4, 0.5) is 0 Å². The lowest BCUT2D eigenvalue weighted by atomic mass is 9.67. The van der Waals surface area contributed by atoms with Crippen molar-refractivity contribution in [3.8, 4) is 0 Å². The minimum Gasteiger partial charge on any atom is -0.394 e. The minimum atomic E-state index is -0.992. The van der Waals surface area contributed by atoms with Gasteiger partial charge in [0.05, 0.1) is 6.61 Å². The van der Waals surface area contributed by atoms with Crippen molar-refractivity contribution in [3.05, 3.63) is 0 Å². The summed E-state index contributed by atoms with van der Waals surface area (Å²) in [7, 11) is 0. The second kappa shape index (κ2) is 4.17. The Morgan fingerprint density at radius 3 is 2.67 bits per heavy atom. The molecule has 0 aromatic heterocycles. The van der Waals surface area contributed by atoms with Gasteiger partial charge in [-0.2, -0.15) is 0 Å². The zero-order valence-corrected chi connectivity index (χ0v) is 11.2. The van der Waals surface area contributed by atoms with Crippen LogP contribution >= 0.6 is 0 Å². The highest BCUT2D eigenvalue weighted by Gasteiger charge is 2.68. The molecule has 18 heavy (non-hydrogen) atoms. The van der Waals surface area contributed by atoms with Gasteiger partial charge in [-0.25, -0.2) is 0 Å². The molecule has 0 unspecified atom stereocenters. The maximum atomic E-state index is 11.0.